The number of aryl methyl sites for hydroxylation is 1. The molecule has 4 aromatic rings. The molecule has 3 N–H and O–H groups in total. The van der Waals surface area contributed by atoms with E-state index in [1.807, 2.05) is 20.0 Å². The van der Waals surface area contributed by atoms with Gasteiger partial charge in [0.2, 0.25) is 11.8 Å². The number of fused-ring (bicyclic) bond motifs is 5. The minimum Gasteiger partial charge on any atom is -0.508 e. The number of aromatic hydroxyl groups is 1. The molecule has 1 aromatic heterocycles. The second-order valence-corrected chi connectivity index (χ2v) is 13.1. The monoisotopic (exact) mass is 640 g/mol. The minimum absolute atomic E-state index is 0.0391. The summed E-state index contributed by atoms with van der Waals surface area (Å²) in [6.07, 6.45) is 1.98. The average molecular weight is 641 g/mol. The Morgan fingerprint density at radius 3 is 2.79 bits per heavy atom. The van der Waals surface area contributed by atoms with Gasteiger partial charge in [0.25, 0.3) is 0 Å². The topological polar surface area (TPSA) is 114 Å². The number of phenols is 1. The third kappa shape index (κ3) is 5.49. The van der Waals surface area contributed by atoms with E-state index < -0.39 is 11.6 Å². The van der Waals surface area contributed by atoms with Gasteiger partial charge >= 0.3 is 0 Å². The zero-order valence-electron chi connectivity index (χ0n) is 26.7. The van der Waals surface area contributed by atoms with Gasteiger partial charge in [0.15, 0.2) is 5.82 Å². The molecule has 0 spiro atoms. The number of phenolic OH excluding ortho intramolecular Hbond substituents is 1. The Hall–Kier alpha value is -4.53. The molecule has 1 aliphatic carbocycles. The van der Waals surface area contributed by atoms with Crippen LogP contribution >= 0.6 is 0 Å². The number of carbonyl (C=O) groups excluding carboxylic acids is 1. The summed E-state index contributed by atoms with van der Waals surface area (Å²) in [5.41, 5.74) is 2.06. The predicted molar refractivity (Wildman–Crippen MR) is 178 cm³/mol. The largest absolute Gasteiger partial charge is 0.508 e. The number of aromatic nitrogens is 1. The van der Waals surface area contributed by atoms with E-state index in [-0.39, 0.29) is 66.2 Å². The maximum atomic E-state index is 17.4. The standard InChI is InChI=1S/C36H38F2N6O3/c1-4-10-43(3)17-19(2)47-36-33-35(44(18-29(46)41-33)34-22-13-28(34)40-16-22)27-12-21(6-5-9-39)30(31(38)32(27)42-36)26-15-24(45)11-20-7-8-23(37)14-25(20)26/h7-8,11-12,14-15,19,22,28,34,40,45H,4-6,10,13,16-18H2,1-3H3,(H,41,46). The van der Waals surface area contributed by atoms with Crippen molar-refractivity contribution in [2.45, 2.75) is 57.7 Å². The van der Waals surface area contributed by atoms with E-state index in [2.05, 4.69) is 33.4 Å². The highest BCUT2D eigenvalue weighted by atomic mass is 19.1. The number of carbonyl (C=O) groups is 1. The van der Waals surface area contributed by atoms with Crippen LogP contribution in [-0.4, -0.2) is 72.3 Å². The molecule has 1 saturated carbocycles. The zero-order valence-corrected chi connectivity index (χ0v) is 26.7. The Bertz CT molecular complexity index is 1930. The van der Waals surface area contributed by atoms with Crippen LogP contribution in [-0.2, 0) is 11.2 Å². The SMILES string of the molecule is CCCN(C)CC(C)Oc1nc2c(F)c(-c3cc(O)cc4ccc(F)cc34)c(CCC#N)cc2c2c1NC(=O)CN2C1C2CNC1C2. The van der Waals surface area contributed by atoms with Crippen molar-refractivity contribution in [2.75, 3.05) is 43.4 Å². The van der Waals surface area contributed by atoms with Gasteiger partial charge in [-0.2, -0.15) is 5.26 Å². The van der Waals surface area contributed by atoms with Crippen LogP contribution < -0.4 is 20.3 Å². The van der Waals surface area contributed by atoms with E-state index >= 15 is 4.39 Å². The summed E-state index contributed by atoms with van der Waals surface area (Å²) in [5, 5.41) is 28.2. The van der Waals surface area contributed by atoms with E-state index in [9.17, 15) is 19.6 Å². The second-order valence-electron chi connectivity index (χ2n) is 13.1. The molecule has 4 aliphatic rings. The number of nitrogens with one attached hydrogen (secondary N) is 2. The zero-order chi connectivity index (χ0) is 33.0. The van der Waals surface area contributed by atoms with Gasteiger partial charge in [-0.25, -0.2) is 13.8 Å². The number of benzene rings is 3. The van der Waals surface area contributed by atoms with Gasteiger partial charge < -0.3 is 30.3 Å². The molecule has 3 aliphatic heterocycles. The highest BCUT2D eigenvalue weighted by Crippen LogP contribution is 2.50. The predicted octanol–water partition coefficient (Wildman–Crippen LogP) is 5.72. The van der Waals surface area contributed by atoms with Crippen molar-refractivity contribution in [3.63, 3.8) is 0 Å². The third-order valence-corrected chi connectivity index (χ3v) is 9.72. The van der Waals surface area contributed by atoms with Gasteiger partial charge in [-0.05, 0) is 97.9 Å². The molecule has 11 heteroatoms. The van der Waals surface area contributed by atoms with Crippen molar-refractivity contribution >= 4 is 39.0 Å². The normalized spacial score (nSPS) is 20.7. The fraction of sp³-hybridized carbons (Fsp3) is 0.417. The number of ether oxygens (including phenoxy) is 1. The minimum atomic E-state index is -0.665. The molecular weight excluding hydrogens is 602 g/mol. The van der Waals surface area contributed by atoms with E-state index in [4.69, 9.17) is 9.72 Å². The Morgan fingerprint density at radius 1 is 1.23 bits per heavy atom. The molecule has 2 bridgehead atoms. The number of likely N-dealkylation sites (N-methyl/N-ethyl adjacent to an activating group) is 1. The number of anilines is 2. The lowest BCUT2D eigenvalue weighted by Crippen LogP contribution is -2.58. The summed E-state index contributed by atoms with van der Waals surface area (Å²) < 4.78 is 38.4. The Balaban J connectivity index is 1.49. The Morgan fingerprint density at radius 2 is 2.06 bits per heavy atom. The number of hydrogen-bond donors (Lipinski definition) is 3. The van der Waals surface area contributed by atoms with Gasteiger partial charge in [0.05, 0.1) is 18.3 Å². The summed E-state index contributed by atoms with van der Waals surface area (Å²) in [6.45, 7) is 6.45. The lowest BCUT2D eigenvalue weighted by Gasteiger charge is -2.46. The fourth-order valence-corrected chi connectivity index (χ4v) is 7.80. The van der Waals surface area contributed by atoms with Crippen molar-refractivity contribution in [2.24, 2.45) is 5.92 Å². The van der Waals surface area contributed by atoms with E-state index in [1.54, 1.807) is 6.07 Å². The first-order chi connectivity index (χ1) is 22.7. The lowest BCUT2D eigenvalue weighted by atomic mass is 9.78. The molecule has 9 nitrogen and oxygen atoms in total. The lowest BCUT2D eigenvalue weighted by molar-refractivity contribution is -0.115. The van der Waals surface area contributed by atoms with E-state index in [0.29, 0.717) is 51.1 Å². The van der Waals surface area contributed by atoms with E-state index in [1.165, 1.54) is 24.3 Å². The number of pyridine rings is 1. The molecule has 4 atom stereocenters. The van der Waals surface area contributed by atoms with Crippen LogP contribution in [0.4, 0.5) is 20.2 Å². The highest BCUT2D eigenvalue weighted by Gasteiger charge is 2.52. The number of rotatable bonds is 10. The summed E-state index contributed by atoms with van der Waals surface area (Å²) in [4.78, 5) is 22.2. The number of nitriles is 1. The molecule has 2 saturated heterocycles. The van der Waals surface area contributed by atoms with Gasteiger partial charge in [-0.3, -0.25) is 4.79 Å². The van der Waals surface area contributed by atoms with Crippen LogP contribution in [0.1, 0.15) is 38.7 Å². The highest BCUT2D eigenvalue weighted by molar-refractivity contribution is 6.12. The first-order valence-corrected chi connectivity index (χ1v) is 16.3. The first kappa shape index (κ1) is 31.1. The Labute approximate surface area is 272 Å². The fourth-order valence-electron chi connectivity index (χ4n) is 7.80. The summed E-state index contributed by atoms with van der Waals surface area (Å²) in [6, 6.07) is 11.3. The van der Waals surface area contributed by atoms with E-state index in [0.717, 1.165) is 25.9 Å². The second kappa shape index (κ2) is 12.2. The number of amides is 1. The summed E-state index contributed by atoms with van der Waals surface area (Å²) in [7, 11) is 2.01. The van der Waals surface area contributed by atoms with Crippen LogP contribution in [0.5, 0.6) is 11.6 Å². The maximum absolute atomic E-state index is 17.4. The van der Waals surface area contributed by atoms with Crippen molar-refractivity contribution in [1.29, 1.82) is 5.26 Å². The van der Waals surface area contributed by atoms with Crippen LogP contribution in [0.2, 0.25) is 0 Å². The molecule has 3 fully saturated rings. The summed E-state index contributed by atoms with van der Waals surface area (Å²) >= 11 is 0. The Kier molecular flexibility index (Phi) is 8.10. The van der Waals surface area contributed by atoms with Crippen LogP contribution in [0.25, 0.3) is 32.8 Å². The molecule has 8 rings (SSSR count). The summed E-state index contributed by atoms with van der Waals surface area (Å²) in [5.74, 6) is -0.974. The van der Waals surface area contributed by atoms with Gasteiger partial charge in [0, 0.05) is 42.5 Å². The molecule has 3 aromatic carbocycles. The van der Waals surface area contributed by atoms with Gasteiger partial charge in [-0.1, -0.05) is 13.0 Å². The first-order valence-electron chi connectivity index (χ1n) is 16.3. The van der Waals surface area contributed by atoms with Gasteiger partial charge in [-0.15, -0.1) is 0 Å². The number of hydrogen-bond acceptors (Lipinski definition) is 8. The molecule has 4 unspecified atom stereocenters. The number of nitrogens with zero attached hydrogens (tertiary/aromatic N) is 4. The smallest absolute Gasteiger partial charge is 0.244 e. The molecular formula is C36H38F2N6O3. The van der Waals surface area contributed by atoms with Crippen molar-refractivity contribution in [3.05, 3.63) is 53.6 Å². The van der Waals surface area contributed by atoms with Crippen LogP contribution in [0.15, 0.2) is 36.4 Å². The third-order valence-electron chi connectivity index (χ3n) is 9.72. The maximum Gasteiger partial charge on any atom is 0.244 e. The van der Waals surface area contributed by atoms with Crippen molar-refractivity contribution in [3.8, 4) is 28.8 Å². The van der Waals surface area contributed by atoms with Crippen LogP contribution in [0, 0.1) is 28.9 Å². The molecule has 1 amide bonds. The van der Waals surface area contributed by atoms with Gasteiger partial charge in [0.1, 0.15) is 28.9 Å². The molecule has 47 heavy (non-hydrogen) atoms. The molecule has 244 valence electrons. The van der Waals surface area contributed by atoms with Crippen molar-refractivity contribution in [1.82, 2.24) is 15.2 Å². The molecule has 0 radical (unpaired) electrons. The number of halogens is 2. The van der Waals surface area contributed by atoms with Crippen molar-refractivity contribution < 1.29 is 23.4 Å². The quantitative estimate of drug-likeness (QED) is 0.202. The van der Waals surface area contributed by atoms with Crippen LogP contribution in [0.3, 0.4) is 0 Å². The molecule has 4 heterocycles. The average Bonchev–Trinajstić information content (AvgIpc) is 3.67.